The van der Waals surface area contributed by atoms with Crippen molar-refractivity contribution in [3.05, 3.63) is 171 Å². The molecule has 3 aromatic heterocycles. The maximum absolute atomic E-state index is 14.2. The molecule has 0 bridgehead atoms. The molecule has 0 saturated heterocycles. The van der Waals surface area contributed by atoms with Gasteiger partial charge in [-0.25, -0.2) is 28.7 Å². The topological polar surface area (TPSA) is 117 Å². The first kappa shape index (κ1) is 34.2. The van der Waals surface area contributed by atoms with Crippen molar-refractivity contribution in [3.8, 4) is 11.5 Å². The lowest BCUT2D eigenvalue weighted by Gasteiger charge is -2.07. The molecule has 8 rings (SSSR count). The Bertz CT molecular complexity index is 2130. The van der Waals surface area contributed by atoms with E-state index in [0.29, 0.717) is 60.2 Å². The maximum Gasteiger partial charge on any atom is 0.315 e. The number of esters is 2. The van der Waals surface area contributed by atoms with Crippen LogP contribution < -0.4 is 9.47 Å². The lowest BCUT2D eigenvalue weighted by atomic mass is 10.0. The summed E-state index contributed by atoms with van der Waals surface area (Å²) >= 11 is 0. The molecule has 0 spiro atoms. The Morgan fingerprint density at radius 2 is 1.04 bits per heavy atom. The van der Waals surface area contributed by atoms with Crippen LogP contribution in [0.3, 0.4) is 0 Å². The molecular weight excluding hydrogens is 664 g/mol. The van der Waals surface area contributed by atoms with Crippen molar-refractivity contribution in [1.82, 2.24) is 24.9 Å². The first-order chi connectivity index (χ1) is 25.1. The van der Waals surface area contributed by atoms with Gasteiger partial charge in [-0.15, -0.1) is 0 Å². The Kier molecular flexibility index (Phi) is 9.83. The third-order valence-electron chi connectivity index (χ3n) is 8.66. The summed E-state index contributed by atoms with van der Waals surface area (Å²) < 4.78 is 38.5. The Morgan fingerprint density at radius 1 is 0.558 bits per heavy atom. The summed E-state index contributed by atoms with van der Waals surface area (Å²) in [6.07, 6.45) is 6.44. The van der Waals surface area contributed by atoms with E-state index in [9.17, 15) is 18.4 Å². The van der Waals surface area contributed by atoms with E-state index in [1.807, 2.05) is 74.5 Å². The highest BCUT2D eigenvalue weighted by Crippen LogP contribution is 2.29. The van der Waals surface area contributed by atoms with Gasteiger partial charge < -0.3 is 9.47 Å². The number of pyridine rings is 1. The Morgan fingerprint density at radius 3 is 1.54 bits per heavy atom. The number of nitrogens with zero attached hydrogens (tertiary/aromatic N) is 5. The summed E-state index contributed by atoms with van der Waals surface area (Å²) in [5, 5.41) is 0. The summed E-state index contributed by atoms with van der Waals surface area (Å²) in [6.45, 7) is 3.96. The van der Waals surface area contributed by atoms with Crippen LogP contribution in [0.5, 0.6) is 11.5 Å². The van der Waals surface area contributed by atoms with Gasteiger partial charge >= 0.3 is 11.9 Å². The van der Waals surface area contributed by atoms with Gasteiger partial charge in [-0.05, 0) is 54.3 Å². The zero-order chi connectivity index (χ0) is 36.2. The average Bonchev–Trinajstić information content (AvgIpc) is 3.69. The highest BCUT2D eigenvalue weighted by molar-refractivity contribution is 5.81. The molecule has 2 aliphatic rings. The molecule has 9 nitrogen and oxygen atoms in total. The van der Waals surface area contributed by atoms with Gasteiger partial charge in [0.2, 0.25) is 0 Å². The molecular formula is C41H33F2N5O4. The number of aryl methyl sites for hydroxylation is 2. The number of halogens is 2. The van der Waals surface area contributed by atoms with Gasteiger partial charge in [0.25, 0.3) is 0 Å². The van der Waals surface area contributed by atoms with Crippen LogP contribution in [-0.4, -0.2) is 36.9 Å². The molecule has 0 amide bonds. The van der Waals surface area contributed by atoms with Crippen molar-refractivity contribution < 1.29 is 27.8 Å². The van der Waals surface area contributed by atoms with Gasteiger partial charge in [-0.2, -0.15) is 0 Å². The summed E-state index contributed by atoms with van der Waals surface area (Å²) in [4.78, 5) is 44.0. The Hall–Kier alpha value is -6.23. The fourth-order valence-corrected chi connectivity index (χ4v) is 5.96. The number of carbonyl (C=O) groups excluding carboxylic acids is 2. The fraction of sp³-hybridized carbons (Fsp3) is 0.195. The summed E-state index contributed by atoms with van der Waals surface area (Å²) in [5.74, 6) is 0.910. The van der Waals surface area contributed by atoms with Crippen LogP contribution in [0.15, 0.2) is 91.4 Å². The molecule has 5 heterocycles. The van der Waals surface area contributed by atoms with E-state index in [1.165, 1.54) is 18.0 Å². The second-order valence-electron chi connectivity index (χ2n) is 12.8. The molecule has 52 heavy (non-hydrogen) atoms. The van der Waals surface area contributed by atoms with Gasteiger partial charge in [-0.3, -0.25) is 14.6 Å². The van der Waals surface area contributed by atoms with Crippen molar-refractivity contribution in [2.45, 2.75) is 52.4 Å². The molecule has 6 aromatic rings. The Labute approximate surface area is 298 Å². The molecule has 2 aliphatic heterocycles. The van der Waals surface area contributed by atoms with Gasteiger partial charge in [0.1, 0.15) is 23.1 Å². The van der Waals surface area contributed by atoms with E-state index in [0.717, 1.165) is 39.1 Å². The van der Waals surface area contributed by atoms with Crippen LogP contribution in [0.25, 0.3) is 0 Å². The van der Waals surface area contributed by atoms with Crippen LogP contribution in [0, 0.1) is 25.5 Å². The molecule has 260 valence electrons. The normalized spacial score (nSPS) is 12.8. The van der Waals surface area contributed by atoms with Crippen molar-refractivity contribution in [1.29, 1.82) is 0 Å². The van der Waals surface area contributed by atoms with Crippen molar-refractivity contribution >= 4 is 11.9 Å². The van der Waals surface area contributed by atoms with Gasteiger partial charge in [0, 0.05) is 48.7 Å². The number of fused-ring (bicyclic) bond motifs is 2. The molecule has 0 aliphatic carbocycles. The molecule has 0 N–H and O–H groups in total. The van der Waals surface area contributed by atoms with E-state index in [4.69, 9.17) is 9.47 Å². The lowest BCUT2D eigenvalue weighted by molar-refractivity contribution is -0.132. The first-order valence-electron chi connectivity index (χ1n) is 16.8. The van der Waals surface area contributed by atoms with E-state index in [-0.39, 0.29) is 24.8 Å². The van der Waals surface area contributed by atoms with E-state index >= 15 is 0 Å². The van der Waals surface area contributed by atoms with Crippen molar-refractivity contribution in [2.75, 3.05) is 0 Å². The maximum atomic E-state index is 14.2. The minimum Gasteiger partial charge on any atom is -0.426 e. The highest BCUT2D eigenvalue weighted by Gasteiger charge is 2.22. The third-order valence-corrected chi connectivity index (χ3v) is 8.66. The number of rotatable bonds is 8. The molecule has 3 aromatic carbocycles. The number of aromatic nitrogens is 5. The predicted octanol–water partition coefficient (Wildman–Crippen LogP) is 6.53. The minimum atomic E-state index is -0.441. The second kappa shape index (κ2) is 14.9. The molecule has 11 heteroatoms. The fourth-order valence-electron chi connectivity index (χ4n) is 5.96. The quantitative estimate of drug-likeness (QED) is 0.129. The zero-order valence-corrected chi connectivity index (χ0v) is 28.5. The van der Waals surface area contributed by atoms with Crippen LogP contribution in [0.2, 0.25) is 0 Å². The van der Waals surface area contributed by atoms with Crippen LogP contribution in [0.1, 0.15) is 67.7 Å². The van der Waals surface area contributed by atoms with E-state index < -0.39 is 11.6 Å². The van der Waals surface area contributed by atoms with Gasteiger partial charge in [-0.1, -0.05) is 60.2 Å². The Balaban J connectivity index is 0.000000162. The number of hydrogen-bond donors (Lipinski definition) is 0. The molecule has 0 fully saturated rings. The summed E-state index contributed by atoms with van der Waals surface area (Å²) in [7, 11) is 0. The summed E-state index contributed by atoms with van der Waals surface area (Å²) in [6, 6.07) is 22.9. The largest absolute Gasteiger partial charge is 0.426 e. The number of hydrogen-bond acceptors (Lipinski definition) is 9. The summed E-state index contributed by atoms with van der Waals surface area (Å²) in [5.41, 5.74) is 8.30. The smallest absolute Gasteiger partial charge is 0.315 e. The van der Waals surface area contributed by atoms with Crippen molar-refractivity contribution in [3.63, 3.8) is 0 Å². The van der Waals surface area contributed by atoms with Crippen LogP contribution >= 0.6 is 0 Å². The van der Waals surface area contributed by atoms with Gasteiger partial charge in [0.05, 0.1) is 36.6 Å². The van der Waals surface area contributed by atoms with Crippen LogP contribution in [-0.2, 0) is 48.1 Å². The van der Waals surface area contributed by atoms with Crippen LogP contribution in [0.4, 0.5) is 8.78 Å². The van der Waals surface area contributed by atoms with Gasteiger partial charge in [0.15, 0.2) is 11.6 Å². The van der Waals surface area contributed by atoms with E-state index in [1.54, 1.807) is 18.3 Å². The SMILES string of the molecule is Cc1ccc(Cc2ncc(F)c(Cc3ccc4c(c3)CC(=O)O4)n2)cc1.Cc1ccc(Cc2ncc(F)c(Cc3ccc4c(c3)CC(=O)O4)n2)cn1. The highest BCUT2D eigenvalue weighted by atomic mass is 19.1. The van der Waals surface area contributed by atoms with Crippen molar-refractivity contribution in [2.24, 2.45) is 0 Å². The monoisotopic (exact) mass is 697 g/mol. The number of benzene rings is 3. The molecule has 0 unspecified atom stereocenters. The first-order valence-corrected chi connectivity index (χ1v) is 16.8. The molecule has 0 atom stereocenters. The number of ether oxygens (including phenoxy) is 2. The average molecular weight is 698 g/mol. The third kappa shape index (κ3) is 8.38. The lowest BCUT2D eigenvalue weighted by Crippen LogP contribution is -2.05. The van der Waals surface area contributed by atoms with E-state index in [2.05, 4.69) is 24.9 Å². The zero-order valence-electron chi connectivity index (χ0n) is 28.5. The molecule has 0 saturated carbocycles. The number of carbonyl (C=O) groups is 2. The standard InChI is InChI=1S/C21H17FN2O2.C20H16FN3O2/c1-13-2-4-14(5-3-13)10-20-23-12-17(22)18(24-20)9-15-6-7-19-16(8-15)11-21(25)26-19;1-12-2-3-14(10-22-12)8-19-23-11-16(21)17(24-19)7-13-4-5-18-15(6-13)9-20(25)26-18/h2-8,12H,9-11H2,1H3;2-6,10-11H,7-9H2,1H3. The minimum absolute atomic E-state index is 0.251. The molecule has 0 radical (unpaired) electrons. The second-order valence-corrected chi connectivity index (χ2v) is 12.8. The predicted molar refractivity (Wildman–Crippen MR) is 187 cm³/mol.